The van der Waals surface area contributed by atoms with Gasteiger partial charge in [-0.2, -0.15) is 0 Å². The van der Waals surface area contributed by atoms with Crippen LogP contribution in [0.3, 0.4) is 0 Å². The zero-order chi connectivity index (χ0) is 24.0. The number of halogens is 1. The highest BCUT2D eigenvalue weighted by Gasteiger charge is 2.15. The molecule has 176 valence electrons. The van der Waals surface area contributed by atoms with Crippen LogP contribution in [0.1, 0.15) is 10.4 Å². The van der Waals surface area contributed by atoms with E-state index in [1.807, 2.05) is 12.1 Å². The number of amides is 1. The summed E-state index contributed by atoms with van der Waals surface area (Å²) in [6.07, 6.45) is 6.50. The monoisotopic (exact) mass is 470 g/mol. The molecular weight excluding hydrogens is 447 g/mol. The van der Waals surface area contributed by atoms with Gasteiger partial charge in [-0.3, -0.25) is 9.78 Å². The summed E-state index contributed by atoms with van der Waals surface area (Å²) in [5.74, 6) is 1.11. The van der Waals surface area contributed by atoms with Crippen molar-refractivity contribution >= 4 is 29.0 Å². The zero-order valence-electron chi connectivity index (χ0n) is 18.8. The molecule has 0 aliphatic carbocycles. The highest BCUT2D eigenvalue weighted by molar-refractivity contribution is 6.04. The van der Waals surface area contributed by atoms with Crippen LogP contribution in [0.2, 0.25) is 0 Å². The van der Waals surface area contributed by atoms with E-state index in [-0.39, 0.29) is 5.91 Å². The lowest BCUT2D eigenvalue weighted by Gasteiger charge is -2.28. The van der Waals surface area contributed by atoms with Crippen LogP contribution in [0.4, 0.5) is 27.5 Å². The second-order valence-electron chi connectivity index (χ2n) is 7.94. The van der Waals surface area contributed by atoms with E-state index >= 15 is 0 Å². The number of benzene rings is 1. The van der Waals surface area contributed by atoms with E-state index in [9.17, 15) is 9.18 Å². The Bertz CT molecular complexity index is 1310. The molecule has 0 bridgehead atoms. The van der Waals surface area contributed by atoms with Gasteiger partial charge in [-0.15, -0.1) is 0 Å². The van der Waals surface area contributed by atoms with Crippen LogP contribution in [0, 0.1) is 5.82 Å². The smallest absolute Gasteiger partial charge is 0.255 e. The van der Waals surface area contributed by atoms with Gasteiger partial charge in [0.15, 0.2) is 0 Å². The van der Waals surface area contributed by atoms with Gasteiger partial charge in [0.25, 0.3) is 5.91 Å². The average Bonchev–Trinajstić information content (AvgIpc) is 2.90. The molecule has 0 saturated carbocycles. The Morgan fingerprint density at radius 2 is 1.77 bits per heavy atom. The van der Waals surface area contributed by atoms with Crippen molar-refractivity contribution < 1.29 is 9.18 Å². The lowest BCUT2D eigenvalue weighted by molar-refractivity contribution is 0.102. The Labute approximate surface area is 201 Å². The third kappa shape index (κ3) is 5.56. The molecule has 10 heteroatoms. The molecule has 1 aromatic carbocycles. The number of carbonyl (C=O) groups excluding carboxylic acids is 1. The lowest BCUT2D eigenvalue weighted by Crippen LogP contribution is -2.43. The molecular formula is C25H23FN8O. The summed E-state index contributed by atoms with van der Waals surface area (Å²) in [6, 6.07) is 12.8. The SMILES string of the molecule is O=C(Nc1cc(Nc2cnccn2)nc(-c2ccnc(N3CCNCC3)c2)c1)c1ccc(F)cc1. The van der Waals surface area contributed by atoms with Crippen molar-refractivity contribution in [1.82, 2.24) is 25.3 Å². The predicted octanol–water partition coefficient (Wildman–Crippen LogP) is 3.48. The van der Waals surface area contributed by atoms with Crippen LogP contribution < -0.4 is 20.9 Å². The predicted molar refractivity (Wildman–Crippen MR) is 132 cm³/mol. The molecule has 3 aromatic heterocycles. The molecule has 1 saturated heterocycles. The first-order chi connectivity index (χ1) is 17.1. The van der Waals surface area contributed by atoms with Crippen molar-refractivity contribution in [1.29, 1.82) is 0 Å². The molecule has 4 aromatic rings. The summed E-state index contributed by atoms with van der Waals surface area (Å²) in [6.45, 7) is 3.55. The standard InChI is InChI=1S/C25H23FN8O/c26-19-3-1-17(2-4-19)25(35)31-20-14-21(32-22(15-20)33-23-16-28-7-8-29-23)18-5-6-30-24(13-18)34-11-9-27-10-12-34/h1-8,13-16,27H,9-12H2,(H2,29,31,32,33,35). The first-order valence-electron chi connectivity index (χ1n) is 11.2. The van der Waals surface area contributed by atoms with Crippen LogP contribution in [-0.4, -0.2) is 52.0 Å². The first-order valence-corrected chi connectivity index (χ1v) is 11.2. The molecule has 5 rings (SSSR count). The van der Waals surface area contributed by atoms with Gasteiger partial charge in [-0.05, 0) is 42.5 Å². The third-order valence-corrected chi connectivity index (χ3v) is 5.49. The highest BCUT2D eigenvalue weighted by atomic mass is 19.1. The molecule has 0 atom stereocenters. The number of piperazine rings is 1. The van der Waals surface area contributed by atoms with Crippen LogP contribution >= 0.6 is 0 Å². The molecule has 0 spiro atoms. The number of hydrogen-bond donors (Lipinski definition) is 3. The number of pyridine rings is 2. The van der Waals surface area contributed by atoms with Gasteiger partial charge in [-0.25, -0.2) is 19.3 Å². The summed E-state index contributed by atoms with van der Waals surface area (Å²) < 4.78 is 13.3. The second-order valence-corrected chi connectivity index (χ2v) is 7.94. The van der Waals surface area contributed by atoms with Crippen molar-refractivity contribution in [2.45, 2.75) is 0 Å². The average molecular weight is 471 g/mol. The number of nitrogens with zero attached hydrogens (tertiary/aromatic N) is 5. The lowest BCUT2D eigenvalue weighted by atomic mass is 10.1. The number of aromatic nitrogens is 4. The Morgan fingerprint density at radius 3 is 2.54 bits per heavy atom. The third-order valence-electron chi connectivity index (χ3n) is 5.49. The van der Waals surface area contributed by atoms with Gasteiger partial charge in [0.05, 0.1) is 11.9 Å². The highest BCUT2D eigenvalue weighted by Crippen LogP contribution is 2.27. The Morgan fingerprint density at radius 1 is 0.943 bits per heavy atom. The number of anilines is 4. The maximum absolute atomic E-state index is 13.3. The minimum absolute atomic E-state index is 0.345. The van der Waals surface area contributed by atoms with E-state index in [2.05, 4.69) is 35.8 Å². The minimum Gasteiger partial charge on any atom is -0.354 e. The zero-order valence-corrected chi connectivity index (χ0v) is 18.8. The van der Waals surface area contributed by atoms with Crippen LogP contribution in [0.15, 0.2) is 73.3 Å². The van der Waals surface area contributed by atoms with Gasteiger partial charge in [-0.1, -0.05) is 0 Å². The fourth-order valence-electron chi connectivity index (χ4n) is 3.76. The summed E-state index contributed by atoms with van der Waals surface area (Å²) in [5.41, 5.74) is 2.37. The quantitative estimate of drug-likeness (QED) is 0.393. The Balaban J connectivity index is 1.48. The number of hydrogen-bond acceptors (Lipinski definition) is 8. The van der Waals surface area contributed by atoms with E-state index < -0.39 is 5.82 Å². The van der Waals surface area contributed by atoms with E-state index in [0.717, 1.165) is 37.6 Å². The largest absolute Gasteiger partial charge is 0.354 e. The number of nitrogens with one attached hydrogen (secondary N) is 3. The molecule has 1 fully saturated rings. The normalized spacial score (nSPS) is 13.3. The van der Waals surface area contributed by atoms with Gasteiger partial charge in [0.1, 0.15) is 23.3 Å². The van der Waals surface area contributed by atoms with Gasteiger partial charge >= 0.3 is 0 Å². The van der Waals surface area contributed by atoms with Crippen molar-refractivity contribution in [3.05, 3.63) is 84.7 Å². The fourth-order valence-corrected chi connectivity index (χ4v) is 3.76. The molecule has 35 heavy (non-hydrogen) atoms. The molecule has 4 heterocycles. The summed E-state index contributed by atoms with van der Waals surface area (Å²) in [7, 11) is 0. The van der Waals surface area contributed by atoms with Crippen molar-refractivity contribution in [3.8, 4) is 11.3 Å². The Hall–Kier alpha value is -4.44. The summed E-state index contributed by atoms with van der Waals surface area (Å²) >= 11 is 0. The summed E-state index contributed by atoms with van der Waals surface area (Å²) in [5, 5.41) is 9.35. The van der Waals surface area contributed by atoms with E-state index in [4.69, 9.17) is 4.98 Å². The second kappa shape index (κ2) is 10.2. The Kier molecular flexibility index (Phi) is 6.53. The van der Waals surface area contributed by atoms with Crippen molar-refractivity contribution in [2.75, 3.05) is 41.7 Å². The van der Waals surface area contributed by atoms with Crippen LogP contribution in [0.25, 0.3) is 11.3 Å². The van der Waals surface area contributed by atoms with Crippen molar-refractivity contribution in [2.24, 2.45) is 0 Å². The maximum atomic E-state index is 13.3. The molecule has 0 radical (unpaired) electrons. The maximum Gasteiger partial charge on any atom is 0.255 e. The van der Waals surface area contributed by atoms with Gasteiger partial charge in [0.2, 0.25) is 0 Å². The van der Waals surface area contributed by atoms with Crippen LogP contribution in [-0.2, 0) is 0 Å². The molecule has 3 N–H and O–H groups in total. The molecule has 0 unspecified atom stereocenters. The number of carbonyl (C=O) groups is 1. The van der Waals surface area contributed by atoms with Gasteiger partial charge < -0.3 is 20.9 Å². The molecule has 1 amide bonds. The van der Waals surface area contributed by atoms with E-state index in [0.29, 0.717) is 28.6 Å². The van der Waals surface area contributed by atoms with E-state index in [1.54, 1.807) is 36.9 Å². The topological polar surface area (TPSA) is 108 Å². The minimum atomic E-state index is -0.402. The van der Waals surface area contributed by atoms with E-state index in [1.165, 1.54) is 24.3 Å². The fraction of sp³-hybridized carbons (Fsp3) is 0.160. The number of rotatable bonds is 6. The molecule has 1 aliphatic rings. The molecule has 9 nitrogen and oxygen atoms in total. The van der Waals surface area contributed by atoms with Crippen LogP contribution in [0.5, 0.6) is 0 Å². The summed E-state index contributed by atoms with van der Waals surface area (Å²) in [4.78, 5) is 32.6. The first kappa shape index (κ1) is 22.4. The van der Waals surface area contributed by atoms with Crippen molar-refractivity contribution in [3.63, 3.8) is 0 Å². The van der Waals surface area contributed by atoms with Gasteiger partial charge in [0, 0.05) is 67.7 Å². The molecule has 1 aliphatic heterocycles.